The molecule has 0 aromatic rings. The van der Waals surface area contributed by atoms with Crippen LogP contribution in [0.5, 0.6) is 0 Å². The van der Waals surface area contributed by atoms with E-state index in [-0.39, 0.29) is 12.4 Å². The summed E-state index contributed by atoms with van der Waals surface area (Å²) in [5.74, 6) is -0.261. The molecule has 1 rings (SSSR count). The molecule has 1 aliphatic carbocycles. The maximum atomic E-state index is 11.3. The van der Waals surface area contributed by atoms with Gasteiger partial charge in [0.05, 0.1) is 13.5 Å². The van der Waals surface area contributed by atoms with E-state index < -0.39 is 5.41 Å². The molecule has 0 N–H and O–H groups in total. The zero-order valence-electron chi connectivity index (χ0n) is 9.46. The third-order valence-electron chi connectivity index (χ3n) is 3.32. The molecule has 15 heavy (non-hydrogen) atoms. The standard InChI is InChI=1S/C12H20O3/c1-15-11(14)9-12(10-13)7-5-3-2-4-6-8-12/h10H,2-9H2,1H3. The van der Waals surface area contributed by atoms with Crippen LogP contribution in [-0.4, -0.2) is 19.4 Å². The molecule has 0 unspecified atom stereocenters. The van der Waals surface area contributed by atoms with Crippen LogP contribution >= 0.6 is 0 Å². The van der Waals surface area contributed by atoms with Crippen molar-refractivity contribution in [2.24, 2.45) is 5.41 Å². The van der Waals surface area contributed by atoms with E-state index in [1.807, 2.05) is 0 Å². The maximum Gasteiger partial charge on any atom is 0.306 e. The van der Waals surface area contributed by atoms with Crippen molar-refractivity contribution in [3.63, 3.8) is 0 Å². The summed E-state index contributed by atoms with van der Waals surface area (Å²) >= 11 is 0. The van der Waals surface area contributed by atoms with E-state index in [0.29, 0.717) is 0 Å². The lowest BCUT2D eigenvalue weighted by atomic mass is 9.75. The summed E-state index contributed by atoms with van der Waals surface area (Å²) in [6, 6.07) is 0. The van der Waals surface area contributed by atoms with Gasteiger partial charge in [0.25, 0.3) is 0 Å². The summed E-state index contributed by atoms with van der Waals surface area (Å²) in [7, 11) is 1.38. The molecule has 1 aliphatic rings. The second kappa shape index (κ2) is 5.89. The van der Waals surface area contributed by atoms with Crippen molar-refractivity contribution in [1.29, 1.82) is 0 Å². The molecule has 0 bridgehead atoms. The van der Waals surface area contributed by atoms with Crippen LogP contribution in [0.3, 0.4) is 0 Å². The zero-order valence-corrected chi connectivity index (χ0v) is 9.46. The Balaban J connectivity index is 2.61. The summed E-state index contributed by atoms with van der Waals surface area (Å²) < 4.78 is 4.65. The van der Waals surface area contributed by atoms with Crippen molar-refractivity contribution in [2.75, 3.05) is 7.11 Å². The molecule has 0 radical (unpaired) electrons. The number of carbonyl (C=O) groups is 2. The van der Waals surface area contributed by atoms with Gasteiger partial charge < -0.3 is 9.53 Å². The molecule has 0 atom stereocenters. The summed E-state index contributed by atoms with van der Waals surface area (Å²) in [6.45, 7) is 0. The average Bonchev–Trinajstić information content (AvgIpc) is 2.22. The minimum absolute atomic E-state index is 0.257. The number of aldehydes is 1. The highest BCUT2D eigenvalue weighted by Gasteiger charge is 2.32. The largest absolute Gasteiger partial charge is 0.469 e. The minimum atomic E-state index is -0.437. The number of esters is 1. The maximum absolute atomic E-state index is 11.3. The lowest BCUT2D eigenvalue weighted by Crippen LogP contribution is -2.27. The Morgan fingerprint density at radius 2 is 1.73 bits per heavy atom. The van der Waals surface area contributed by atoms with Gasteiger partial charge in [0.2, 0.25) is 0 Å². The van der Waals surface area contributed by atoms with Crippen LogP contribution < -0.4 is 0 Å². The molecule has 1 saturated carbocycles. The van der Waals surface area contributed by atoms with Crippen molar-refractivity contribution < 1.29 is 14.3 Å². The van der Waals surface area contributed by atoms with Crippen LogP contribution in [0.25, 0.3) is 0 Å². The lowest BCUT2D eigenvalue weighted by molar-refractivity contribution is -0.145. The van der Waals surface area contributed by atoms with E-state index in [1.165, 1.54) is 26.4 Å². The summed E-state index contributed by atoms with van der Waals surface area (Å²) in [4.78, 5) is 22.5. The quantitative estimate of drug-likeness (QED) is 0.533. The molecule has 0 saturated heterocycles. The van der Waals surface area contributed by atoms with E-state index >= 15 is 0 Å². The summed E-state index contributed by atoms with van der Waals surface area (Å²) in [6.07, 6.45) is 8.63. The highest BCUT2D eigenvalue weighted by Crippen LogP contribution is 2.35. The van der Waals surface area contributed by atoms with Crippen LogP contribution in [0.4, 0.5) is 0 Å². The first-order valence-corrected chi connectivity index (χ1v) is 5.76. The Hall–Kier alpha value is -0.860. The molecule has 0 amide bonds. The fourth-order valence-corrected chi connectivity index (χ4v) is 2.31. The molecule has 0 aromatic heterocycles. The third-order valence-corrected chi connectivity index (χ3v) is 3.32. The van der Waals surface area contributed by atoms with Gasteiger partial charge in [0, 0.05) is 5.41 Å². The molecular formula is C12H20O3. The Morgan fingerprint density at radius 3 is 2.20 bits per heavy atom. The third kappa shape index (κ3) is 3.65. The van der Waals surface area contributed by atoms with Gasteiger partial charge in [-0.05, 0) is 12.8 Å². The predicted molar refractivity (Wildman–Crippen MR) is 57.4 cm³/mol. The van der Waals surface area contributed by atoms with Gasteiger partial charge in [-0.15, -0.1) is 0 Å². The van der Waals surface area contributed by atoms with Gasteiger partial charge in [0.1, 0.15) is 6.29 Å². The Bertz CT molecular complexity index is 215. The predicted octanol–water partition coefficient (Wildman–Crippen LogP) is 2.48. The highest BCUT2D eigenvalue weighted by atomic mass is 16.5. The molecule has 0 aromatic carbocycles. The van der Waals surface area contributed by atoms with Gasteiger partial charge in [0.15, 0.2) is 0 Å². The second-order valence-electron chi connectivity index (χ2n) is 4.50. The van der Waals surface area contributed by atoms with Gasteiger partial charge in [-0.1, -0.05) is 32.1 Å². The number of rotatable bonds is 3. The number of methoxy groups -OCH3 is 1. The van der Waals surface area contributed by atoms with E-state index in [2.05, 4.69) is 4.74 Å². The van der Waals surface area contributed by atoms with E-state index in [0.717, 1.165) is 32.0 Å². The van der Waals surface area contributed by atoms with Crippen molar-refractivity contribution in [2.45, 2.75) is 51.4 Å². The highest BCUT2D eigenvalue weighted by molar-refractivity contribution is 5.75. The fourth-order valence-electron chi connectivity index (χ4n) is 2.31. The van der Waals surface area contributed by atoms with Gasteiger partial charge in [-0.3, -0.25) is 4.79 Å². The topological polar surface area (TPSA) is 43.4 Å². The summed E-state index contributed by atoms with van der Waals surface area (Å²) in [5.41, 5.74) is -0.437. The van der Waals surface area contributed by atoms with Crippen molar-refractivity contribution in [1.82, 2.24) is 0 Å². The molecule has 0 heterocycles. The summed E-state index contributed by atoms with van der Waals surface area (Å²) in [5, 5.41) is 0. The fraction of sp³-hybridized carbons (Fsp3) is 0.833. The van der Waals surface area contributed by atoms with E-state index in [1.54, 1.807) is 0 Å². The molecule has 0 aliphatic heterocycles. The second-order valence-corrected chi connectivity index (χ2v) is 4.50. The molecule has 3 nitrogen and oxygen atoms in total. The first-order chi connectivity index (χ1) is 7.22. The molecular weight excluding hydrogens is 192 g/mol. The zero-order chi connectivity index (χ0) is 11.1. The van der Waals surface area contributed by atoms with Crippen molar-refractivity contribution in [3.8, 4) is 0 Å². The molecule has 3 heteroatoms. The van der Waals surface area contributed by atoms with Crippen LogP contribution in [0.1, 0.15) is 51.4 Å². The number of hydrogen-bond acceptors (Lipinski definition) is 3. The first kappa shape index (κ1) is 12.2. The molecule has 0 spiro atoms. The Kier molecular flexibility index (Phi) is 4.79. The van der Waals surface area contributed by atoms with Gasteiger partial charge in [-0.2, -0.15) is 0 Å². The van der Waals surface area contributed by atoms with Crippen molar-refractivity contribution in [3.05, 3.63) is 0 Å². The smallest absolute Gasteiger partial charge is 0.306 e. The van der Waals surface area contributed by atoms with E-state index in [4.69, 9.17) is 0 Å². The number of hydrogen-bond donors (Lipinski definition) is 0. The van der Waals surface area contributed by atoms with Gasteiger partial charge in [-0.25, -0.2) is 0 Å². The number of ether oxygens (including phenoxy) is 1. The Morgan fingerprint density at radius 1 is 1.20 bits per heavy atom. The SMILES string of the molecule is COC(=O)CC1(C=O)CCCCCCC1. The molecule has 1 fully saturated rings. The average molecular weight is 212 g/mol. The minimum Gasteiger partial charge on any atom is -0.469 e. The van der Waals surface area contributed by atoms with Crippen LogP contribution in [-0.2, 0) is 14.3 Å². The Labute approximate surface area is 91.2 Å². The van der Waals surface area contributed by atoms with Crippen LogP contribution in [0, 0.1) is 5.41 Å². The van der Waals surface area contributed by atoms with E-state index in [9.17, 15) is 9.59 Å². The normalized spacial score (nSPS) is 21.1. The lowest BCUT2D eigenvalue weighted by Gasteiger charge is -2.28. The van der Waals surface area contributed by atoms with Gasteiger partial charge >= 0.3 is 5.97 Å². The monoisotopic (exact) mass is 212 g/mol. The molecule has 86 valence electrons. The van der Waals surface area contributed by atoms with Crippen LogP contribution in [0.2, 0.25) is 0 Å². The van der Waals surface area contributed by atoms with Crippen molar-refractivity contribution >= 4 is 12.3 Å². The number of carbonyl (C=O) groups excluding carboxylic acids is 2. The first-order valence-electron chi connectivity index (χ1n) is 5.76. The van der Waals surface area contributed by atoms with Crippen LogP contribution in [0.15, 0.2) is 0 Å².